The van der Waals surface area contributed by atoms with Crippen molar-refractivity contribution in [3.63, 3.8) is 0 Å². The number of hydrogen-bond acceptors (Lipinski definition) is 4. The van der Waals surface area contributed by atoms with E-state index in [-0.39, 0.29) is 5.67 Å². The van der Waals surface area contributed by atoms with E-state index in [0.717, 1.165) is 12.8 Å². The molecule has 7 heteroatoms. The highest BCUT2D eigenvalue weighted by molar-refractivity contribution is 6.62. The lowest BCUT2D eigenvalue weighted by atomic mass is 10.3. The second-order valence-electron chi connectivity index (χ2n) is 3.41. The summed E-state index contributed by atoms with van der Waals surface area (Å²) in [5.74, 6) is 0. The molecule has 0 N–H and O–H groups in total. The van der Waals surface area contributed by atoms with Crippen LogP contribution in [0, 0.1) is 0 Å². The van der Waals surface area contributed by atoms with Gasteiger partial charge in [-0.15, -0.1) is 0 Å². The Hall–Kier alpha value is -0.593. The van der Waals surface area contributed by atoms with Crippen molar-refractivity contribution < 1.29 is 13.3 Å². The van der Waals surface area contributed by atoms with E-state index in [4.69, 9.17) is 18.8 Å². The van der Waals surface area contributed by atoms with Crippen LogP contribution < -0.4 is 0 Å². The molecule has 0 aliphatic rings. The summed E-state index contributed by atoms with van der Waals surface area (Å²) >= 11 is 0. The third-order valence-electron chi connectivity index (χ3n) is 2.20. The number of azide groups is 1. The molecule has 0 saturated carbocycles. The average Bonchev–Trinajstić information content (AvgIpc) is 2.29. The standard InChI is InChI=1S/C10H23N3O3Si/c1-5-9-10(12-13-11)17(14-6-2,15-7-3)16-8-4/h10H,5-9H2,1-4H3. The van der Waals surface area contributed by atoms with Gasteiger partial charge in [0.15, 0.2) is 0 Å². The molecular formula is C10H23N3O3Si. The quantitative estimate of drug-likeness (QED) is 0.262. The second kappa shape index (κ2) is 9.44. The van der Waals surface area contributed by atoms with Crippen molar-refractivity contribution in [3.8, 4) is 0 Å². The van der Waals surface area contributed by atoms with Crippen molar-refractivity contribution in [2.75, 3.05) is 19.8 Å². The van der Waals surface area contributed by atoms with Gasteiger partial charge >= 0.3 is 8.80 Å². The van der Waals surface area contributed by atoms with Gasteiger partial charge in [0, 0.05) is 24.7 Å². The number of hydrogen-bond donors (Lipinski definition) is 0. The normalized spacial score (nSPS) is 13.2. The smallest absolute Gasteiger partial charge is 0.374 e. The van der Waals surface area contributed by atoms with E-state index in [1.165, 1.54) is 0 Å². The minimum atomic E-state index is -2.89. The molecule has 0 saturated heterocycles. The van der Waals surface area contributed by atoms with Crippen LogP contribution in [0.2, 0.25) is 0 Å². The van der Waals surface area contributed by atoms with Gasteiger partial charge < -0.3 is 13.3 Å². The van der Waals surface area contributed by atoms with Crippen LogP contribution in [-0.4, -0.2) is 34.3 Å². The molecular weight excluding hydrogens is 238 g/mol. The summed E-state index contributed by atoms with van der Waals surface area (Å²) in [5, 5.41) is 3.81. The first-order valence-electron chi connectivity index (χ1n) is 6.16. The molecule has 0 bridgehead atoms. The fourth-order valence-corrected chi connectivity index (χ4v) is 4.53. The van der Waals surface area contributed by atoms with Gasteiger partial charge in [-0.25, -0.2) is 0 Å². The lowest BCUT2D eigenvalue weighted by molar-refractivity contribution is 0.0613. The van der Waals surface area contributed by atoms with Crippen molar-refractivity contribution in [2.45, 2.75) is 46.2 Å². The van der Waals surface area contributed by atoms with Crippen molar-refractivity contribution in [2.24, 2.45) is 5.11 Å². The van der Waals surface area contributed by atoms with Crippen LogP contribution in [0.1, 0.15) is 40.5 Å². The van der Waals surface area contributed by atoms with Crippen molar-refractivity contribution in [1.29, 1.82) is 0 Å². The van der Waals surface area contributed by atoms with Gasteiger partial charge in [0.05, 0.1) is 0 Å². The summed E-state index contributed by atoms with van der Waals surface area (Å²) in [5.41, 5.74) is 8.31. The summed E-state index contributed by atoms with van der Waals surface area (Å²) in [4.78, 5) is 2.89. The largest absolute Gasteiger partial charge is 0.510 e. The molecule has 0 spiro atoms. The summed E-state index contributed by atoms with van der Waals surface area (Å²) in [6, 6.07) is 0. The Morgan fingerprint density at radius 2 is 1.53 bits per heavy atom. The monoisotopic (exact) mass is 261 g/mol. The van der Waals surface area contributed by atoms with Gasteiger partial charge in [-0.1, -0.05) is 18.5 Å². The number of nitrogens with zero attached hydrogens (tertiary/aromatic N) is 3. The number of rotatable bonds is 10. The summed E-state index contributed by atoms with van der Waals surface area (Å²) in [6.07, 6.45) is 1.61. The summed E-state index contributed by atoms with van der Waals surface area (Å²) < 4.78 is 17.1. The van der Waals surface area contributed by atoms with E-state index in [2.05, 4.69) is 10.0 Å². The van der Waals surface area contributed by atoms with Crippen LogP contribution in [0.25, 0.3) is 10.4 Å². The molecule has 0 aromatic heterocycles. The predicted octanol–water partition coefficient (Wildman–Crippen LogP) is 3.05. The third-order valence-corrected chi connectivity index (χ3v) is 5.49. The highest BCUT2D eigenvalue weighted by Crippen LogP contribution is 2.22. The zero-order valence-corrected chi connectivity index (χ0v) is 12.2. The molecule has 6 nitrogen and oxygen atoms in total. The first-order valence-corrected chi connectivity index (χ1v) is 7.96. The average molecular weight is 261 g/mol. The molecule has 1 atom stereocenters. The van der Waals surface area contributed by atoms with E-state index in [1.54, 1.807) is 0 Å². The lowest BCUT2D eigenvalue weighted by Crippen LogP contribution is -2.55. The fourth-order valence-electron chi connectivity index (χ4n) is 1.66. The van der Waals surface area contributed by atoms with E-state index in [9.17, 15) is 0 Å². The zero-order valence-electron chi connectivity index (χ0n) is 11.2. The lowest BCUT2D eigenvalue weighted by Gasteiger charge is -2.32. The maximum Gasteiger partial charge on any atom is 0.510 e. The van der Waals surface area contributed by atoms with E-state index in [0.29, 0.717) is 19.8 Å². The van der Waals surface area contributed by atoms with Crippen LogP contribution in [0.5, 0.6) is 0 Å². The fraction of sp³-hybridized carbons (Fsp3) is 1.00. The minimum Gasteiger partial charge on any atom is -0.374 e. The zero-order chi connectivity index (χ0) is 13.1. The van der Waals surface area contributed by atoms with Gasteiger partial charge in [-0.05, 0) is 32.7 Å². The second-order valence-corrected chi connectivity index (χ2v) is 6.15. The van der Waals surface area contributed by atoms with Crippen LogP contribution in [0.3, 0.4) is 0 Å². The first kappa shape index (κ1) is 16.4. The molecule has 0 aliphatic carbocycles. The third kappa shape index (κ3) is 5.05. The minimum absolute atomic E-state index is 0.336. The van der Waals surface area contributed by atoms with Gasteiger partial charge in [0.25, 0.3) is 0 Å². The Bertz CT molecular complexity index is 230. The maximum absolute atomic E-state index is 8.65. The molecule has 17 heavy (non-hydrogen) atoms. The summed E-state index contributed by atoms with van der Waals surface area (Å²) in [6.45, 7) is 9.17. The molecule has 0 amide bonds. The Kier molecular flexibility index (Phi) is 9.11. The summed E-state index contributed by atoms with van der Waals surface area (Å²) in [7, 11) is -2.89. The van der Waals surface area contributed by atoms with Crippen LogP contribution in [-0.2, 0) is 13.3 Å². The Morgan fingerprint density at radius 1 is 1.06 bits per heavy atom. The SMILES string of the molecule is CCCC(N=[N+]=[N-])[Si](OCC)(OCC)OCC. The Balaban J connectivity index is 5.07. The predicted molar refractivity (Wildman–Crippen MR) is 68.5 cm³/mol. The molecule has 1 unspecified atom stereocenters. The van der Waals surface area contributed by atoms with Gasteiger partial charge in [0.2, 0.25) is 0 Å². The topological polar surface area (TPSA) is 76.5 Å². The Labute approximate surface area is 104 Å². The van der Waals surface area contributed by atoms with Gasteiger partial charge in [-0.2, -0.15) is 0 Å². The van der Waals surface area contributed by atoms with Crippen LogP contribution in [0.15, 0.2) is 5.11 Å². The van der Waals surface area contributed by atoms with Crippen LogP contribution >= 0.6 is 0 Å². The molecule has 100 valence electrons. The van der Waals surface area contributed by atoms with Crippen molar-refractivity contribution in [1.82, 2.24) is 0 Å². The van der Waals surface area contributed by atoms with Crippen molar-refractivity contribution in [3.05, 3.63) is 10.4 Å². The molecule has 0 aromatic carbocycles. The molecule has 0 rings (SSSR count). The van der Waals surface area contributed by atoms with Crippen molar-refractivity contribution >= 4 is 8.80 Å². The highest BCUT2D eigenvalue weighted by Gasteiger charge is 2.48. The Morgan fingerprint density at radius 3 is 1.82 bits per heavy atom. The molecule has 0 fully saturated rings. The molecule has 0 aromatic rings. The van der Waals surface area contributed by atoms with E-state index < -0.39 is 8.80 Å². The molecule has 0 heterocycles. The van der Waals surface area contributed by atoms with Crippen LogP contribution in [0.4, 0.5) is 0 Å². The maximum atomic E-state index is 8.65. The molecule has 0 radical (unpaired) electrons. The van der Waals surface area contributed by atoms with E-state index in [1.807, 2.05) is 27.7 Å². The van der Waals surface area contributed by atoms with Gasteiger partial charge in [-0.3, -0.25) is 0 Å². The van der Waals surface area contributed by atoms with E-state index >= 15 is 0 Å². The van der Waals surface area contributed by atoms with Gasteiger partial charge in [0.1, 0.15) is 5.67 Å². The molecule has 0 aliphatic heterocycles. The highest BCUT2D eigenvalue weighted by atomic mass is 28.4. The first-order chi connectivity index (χ1) is 8.20.